The molecular formula is C14H23BrO. The molecule has 0 aromatic carbocycles. The van der Waals surface area contributed by atoms with E-state index in [9.17, 15) is 4.79 Å². The Morgan fingerprint density at radius 3 is 2.19 bits per heavy atom. The van der Waals surface area contributed by atoms with Crippen LogP contribution in [-0.2, 0) is 4.79 Å². The average Bonchev–Trinajstić information content (AvgIpc) is 2.29. The molecule has 0 N–H and O–H groups in total. The lowest BCUT2D eigenvalue weighted by Gasteiger charge is -2.06. The number of carbonyl (C=O) groups is 1. The number of halogens is 1. The summed E-state index contributed by atoms with van der Waals surface area (Å²) >= 11 is 3.44. The standard InChI is InChI=1S/C14H23BrO/c15-13-11-9-7-5-3-1-2-4-6-8-10-12-14(13)16/h9,11,13H,1-8,10,12H2/b11-9+/t13-/m1/s1. The fraction of sp³-hybridized carbons (Fsp3) is 0.786. The van der Waals surface area contributed by atoms with E-state index >= 15 is 0 Å². The summed E-state index contributed by atoms with van der Waals surface area (Å²) in [5.74, 6) is 0.341. The molecule has 0 radical (unpaired) electrons. The van der Waals surface area contributed by atoms with Gasteiger partial charge in [0.2, 0.25) is 0 Å². The second kappa shape index (κ2) is 8.98. The van der Waals surface area contributed by atoms with Crippen LogP contribution in [0.2, 0.25) is 0 Å². The van der Waals surface area contributed by atoms with Crippen molar-refractivity contribution in [3.63, 3.8) is 0 Å². The Bertz CT molecular complexity index is 223. The van der Waals surface area contributed by atoms with Gasteiger partial charge in [-0.1, -0.05) is 66.6 Å². The minimum absolute atomic E-state index is 0.0459. The van der Waals surface area contributed by atoms with Crippen LogP contribution in [-0.4, -0.2) is 10.6 Å². The van der Waals surface area contributed by atoms with E-state index in [1.165, 1.54) is 44.9 Å². The summed E-state index contributed by atoms with van der Waals surface area (Å²) in [6.07, 6.45) is 16.3. The zero-order chi connectivity index (χ0) is 11.6. The third-order valence-corrected chi connectivity index (χ3v) is 3.97. The zero-order valence-electron chi connectivity index (χ0n) is 10.1. The summed E-state index contributed by atoms with van der Waals surface area (Å²) in [5.41, 5.74) is 0. The minimum atomic E-state index is -0.0459. The van der Waals surface area contributed by atoms with Gasteiger partial charge in [0.1, 0.15) is 5.78 Å². The SMILES string of the molecule is O=C1CCCCCCCCCC/C=C/[C@H]1Br. The smallest absolute Gasteiger partial charge is 0.150 e. The van der Waals surface area contributed by atoms with Crippen LogP contribution in [0.4, 0.5) is 0 Å². The van der Waals surface area contributed by atoms with Gasteiger partial charge >= 0.3 is 0 Å². The monoisotopic (exact) mass is 286 g/mol. The van der Waals surface area contributed by atoms with E-state index in [-0.39, 0.29) is 4.83 Å². The topological polar surface area (TPSA) is 17.1 Å². The summed E-state index contributed by atoms with van der Waals surface area (Å²) in [6, 6.07) is 0. The third-order valence-electron chi connectivity index (χ3n) is 3.16. The molecule has 0 aliphatic heterocycles. The van der Waals surface area contributed by atoms with Gasteiger partial charge < -0.3 is 0 Å². The highest BCUT2D eigenvalue weighted by molar-refractivity contribution is 9.10. The Hall–Kier alpha value is -0.110. The van der Waals surface area contributed by atoms with Crippen molar-refractivity contribution >= 4 is 21.7 Å². The molecule has 1 aliphatic carbocycles. The van der Waals surface area contributed by atoms with Crippen molar-refractivity contribution in [2.75, 3.05) is 0 Å². The number of hydrogen-bond acceptors (Lipinski definition) is 1. The maximum absolute atomic E-state index is 11.7. The van der Waals surface area contributed by atoms with Gasteiger partial charge in [-0.15, -0.1) is 0 Å². The zero-order valence-corrected chi connectivity index (χ0v) is 11.7. The lowest BCUT2D eigenvalue weighted by Crippen LogP contribution is -2.10. The Kier molecular flexibility index (Phi) is 7.83. The van der Waals surface area contributed by atoms with Gasteiger partial charge in [0.15, 0.2) is 0 Å². The first kappa shape index (κ1) is 14.0. The highest BCUT2D eigenvalue weighted by Crippen LogP contribution is 2.15. The summed E-state index contributed by atoms with van der Waals surface area (Å²) in [4.78, 5) is 11.6. The fourth-order valence-corrected chi connectivity index (χ4v) is 2.53. The summed E-state index contributed by atoms with van der Waals surface area (Å²) in [7, 11) is 0. The number of rotatable bonds is 0. The predicted molar refractivity (Wildman–Crippen MR) is 73.0 cm³/mol. The Labute approximate surface area is 108 Å². The summed E-state index contributed by atoms with van der Waals surface area (Å²) < 4.78 is 0. The van der Waals surface area contributed by atoms with Crippen molar-refractivity contribution in [3.8, 4) is 0 Å². The predicted octanol–water partition coefficient (Wildman–Crippen LogP) is 4.79. The van der Waals surface area contributed by atoms with Crippen LogP contribution in [0.15, 0.2) is 12.2 Å². The number of carbonyl (C=O) groups excluding carboxylic acids is 1. The molecule has 1 nitrogen and oxygen atoms in total. The van der Waals surface area contributed by atoms with Crippen LogP contribution in [0.1, 0.15) is 64.2 Å². The largest absolute Gasteiger partial charge is 0.298 e. The first-order valence-electron chi connectivity index (χ1n) is 6.64. The number of Topliss-reactive ketones (excluding diaryl/α,β-unsaturated/α-hetero) is 1. The van der Waals surface area contributed by atoms with Gasteiger partial charge in [-0.25, -0.2) is 0 Å². The van der Waals surface area contributed by atoms with Crippen molar-refractivity contribution < 1.29 is 4.79 Å². The highest BCUT2D eigenvalue weighted by atomic mass is 79.9. The van der Waals surface area contributed by atoms with Crippen LogP contribution in [0, 0.1) is 0 Å². The Balaban J connectivity index is 2.34. The van der Waals surface area contributed by atoms with E-state index < -0.39 is 0 Å². The second-order valence-corrected chi connectivity index (χ2v) is 5.65. The summed E-state index contributed by atoms with van der Waals surface area (Å²) in [6.45, 7) is 0. The Morgan fingerprint density at radius 1 is 0.938 bits per heavy atom. The van der Waals surface area contributed by atoms with Crippen molar-refractivity contribution in [2.24, 2.45) is 0 Å². The van der Waals surface area contributed by atoms with E-state index in [0.29, 0.717) is 5.78 Å². The molecule has 0 saturated carbocycles. The molecule has 92 valence electrons. The molecule has 16 heavy (non-hydrogen) atoms. The Morgan fingerprint density at radius 2 is 1.50 bits per heavy atom. The molecule has 1 atom stereocenters. The maximum atomic E-state index is 11.7. The molecule has 0 fully saturated rings. The van der Waals surface area contributed by atoms with Crippen LogP contribution in [0.3, 0.4) is 0 Å². The van der Waals surface area contributed by atoms with E-state index in [1.54, 1.807) is 0 Å². The maximum Gasteiger partial charge on any atom is 0.150 e. The van der Waals surface area contributed by atoms with Crippen LogP contribution in [0.5, 0.6) is 0 Å². The second-order valence-electron chi connectivity index (χ2n) is 4.66. The molecule has 0 heterocycles. The van der Waals surface area contributed by atoms with Gasteiger partial charge in [0.25, 0.3) is 0 Å². The normalized spacial score (nSPS) is 28.3. The molecule has 1 aliphatic rings. The van der Waals surface area contributed by atoms with Crippen molar-refractivity contribution in [1.82, 2.24) is 0 Å². The molecule has 2 heteroatoms. The van der Waals surface area contributed by atoms with Gasteiger partial charge in [0.05, 0.1) is 4.83 Å². The molecule has 0 unspecified atom stereocenters. The van der Waals surface area contributed by atoms with Crippen molar-refractivity contribution in [2.45, 2.75) is 69.0 Å². The third kappa shape index (κ3) is 6.47. The quantitative estimate of drug-likeness (QED) is 0.462. The van der Waals surface area contributed by atoms with E-state index in [1.807, 2.05) is 6.08 Å². The molecule has 0 saturated heterocycles. The highest BCUT2D eigenvalue weighted by Gasteiger charge is 2.10. The summed E-state index contributed by atoms with van der Waals surface area (Å²) in [5, 5.41) is 0. The van der Waals surface area contributed by atoms with Gasteiger partial charge in [-0.3, -0.25) is 4.79 Å². The van der Waals surface area contributed by atoms with Gasteiger partial charge in [0, 0.05) is 6.42 Å². The molecule has 0 aromatic rings. The lowest BCUT2D eigenvalue weighted by atomic mass is 10.0. The van der Waals surface area contributed by atoms with E-state index in [2.05, 4.69) is 22.0 Å². The van der Waals surface area contributed by atoms with E-state index in [4.69, 9.17) is 0 Å². The number of alkyl halides is 1. The van der Waals surface area contributed by atoms with Crippen molar-refractivity contribution in [3.05, 3.63) is 12.2 Å². The number of ketones is 1. The lowest BCUT2D eigenvalue weighted by molar-refractivity contribution is -0.117. The van der Waals surface area contributed by atoms with Gasteiger partial charge in [-0.2, -0.15) is 0 Å². The molecule has 0 spiro atoms. The molecule has 0 amide bonds. The number of allylic oxidation sites excluding steroid dienone is 2. The van der Waals surface area contributed by atoms with Crippen LogP contribution >= 0.6 is 15.9 Å². The number of hydrogen-bond donors (Lipinski definition) is 0. The van der Waals surface area contributed by atoms with Crippen LogP contribution < -0.4 is 0 Å². The molecule has 0 aromatic heterocycles. The van der Waals surface area contributed by atoms with Crippen molar-refractivity contribution in [1.29, 1.82) is 0 Å². The molecular weight excluding hydrogens is 264 g/mol. The minimum Gasteiger partial charge on any atom is -0.298 e. The molecule has 1 rings (SSSR count). The van der Waals surface area contributed by atoms with Gasteiger partial charge in [-0.05, 0) is 19.3 Å². The fourth-order valence-electron chi connectivity index (χ4n) is 2.08. The average molecular weight is 287 g/mol. The molecule has 0 bridgehead atoms. The van der Waals surface area contributed by atoms with E-state index in [0.717, 1.165) is 19.3 Å². The first-order valence-corrected chi connectivity index (χ1v) is 7.56. The first-order chi connectivity index (χ1) is 7.80. The van der Waals surface area contributed by atoms with Crippen LogP contribution in [0.25, 0.3) is 0 Å².